The van der Waals surface area contributed by atoms with E-state index in [9.17, 15) is 8.42 Å². The van der Waals surface area contributed by atoms with Gasteiger partial charge in [0, 0.05) is 6.26 Å². The van der Waals surface area contributed by atoms with E-state index in [1.165, 1.54) is 12.4 Å². The van der Waals surface area contributed by atoms with E-state index in [-0.39, 0.29) is 57.1 Å². The molecule has 6 heteroatoms. The summed E-state index contributed by atoms with van der Waals surface area (Å²) < 4.78 is 21.4. The third-order valence-corrected chi connectivity index (χ3v) is 1.75. The molecular formula is C6H7KN2O2S. The first kappa shape index (κ1) is 12.7. The van der Waals surface area contributed by atoms with Gasteiger partial charge in [0.1, 0.15) is 11.6 Å². The van der Waals surface area contributed by atoms with E-state index in [1.807, 2.05) is 0 Å². The molecule has 0 saturated heterocycles. The van der Waals surface area contributed by atoms with Crippen molar-refractivity contribution in [2.45, 2.75) is 5.75 Å². The topological polar surface area (TPSA) is 59.9 Å². The number of nitrogens with zero attached hydrogens (tertiary/aromatic N) is 2. The number of aromatic nitrogens is 2. The maximum Gasteiger partial charge on any atom is 1.00 e. The van der Waals surface area contributed by atoms with Gasteiger partial charge in [-0.3, -0.25) is 9.97 Å². The standard InChI is InChI=1S/C6H7N2O2S.K/c1-11(9,10)5-6-7-3-2-4-8-6;/h3-4H,5H2,1H3;/q-1;+1. The molecule has 4 nitrogen and oxygen atoms in total. The van der Waals surface area contributed by atoms with Gasteiger partial charge < -0.3 is 6.07 Å². The van der Waals surface area contributed by atoms with Gasteiger partial charge in [-0.25, -0.2) is 8.42 Å². The molecule has 60 valence electrons. The van der Waals surface area contributed by atoms with Crippen molar-refractivity contribution < 1.29 is 59.8 Å². The molecule has 1 rings (SSSR count). The van der Waals surface area contributed by atoms with E-state index in [0.717, 1.165) is 6.26 Å². The van der Waals surface area contributed by atoms with Gasteiger partial charge in [-0.1, -0.05) is 0 Å². The summed E-state index contributed by atoms with van der Waals surface area (Å²) in [6, 6.07) is 2.60. The maximum atomic E-state index is 10.7. The first-order valence-corrected chi connectivity index (χ1v) is 4.99. The van der Waals surface area contributed by atoms with Crippen LogP contribution in [0, 0.1) is 6.07 Å². The van der Waals surface area contributed by atoms with Crippen LogP contribution < -0.4 is 51.4 Å². The minimum Gasteiger partial charge on any atom is -0.434 e. The van der Waals surface area contributed by atoms with Gasteiger partial charge in [0.05, 0.1) is 0 Å². The average molecular weight is 210 g/mol. The second-order valence-corrected chi connectivity index (χ2v) is 4.31. The van der Waals surface area contributed by atoms with E-state index in [1.54, 1.807) is 0 Å². The molecule has 0 aliphatic heterocycles. The van der Waals surface area contributed by atoms with Crippen LogP contribution in [0.5, 0.6) is 0 Å². The SMILES string of the molecule is CS(=O)(=O)Cc1nc[c-]cn1.[K+]. The van der Waals surface area contributed by atoms with E-state index >= 15 is 0 Å². The Labute approximate surface area is 114 Å². The molecule has 0 fully saturated rings. The van der Waals surface area contributed by atoms with Crippen molar-refractivity contribution in [1.29, 1.82) is 0 Å². The van der Waals surface area contributed by atoms with Crippen molar-refractivity contribution in [3.8, 4) is 0 Å². The summed E-state index contributed by atoms with van der Waals surface area (Å²) in [5.74, 6) is 0.202. The minimum absolute atomic E-state index is 0. The van der Waals surface area contributed by atoms with Gasteiger partial charge >= 0.3 is 51.4 Å². The molecule has 0 radical (unpaired) electrons. The van der Waals surface area contributed by atoms with E-state index in [0.29, 0.717) is 5.82 Å². The summed E-state index contributed by atoms with van der Waals surface area (Å²) in [6.07, 6.45) is 3.94. The Morgan fingerprint density at radius 1 is 1.42 bits per heavy atom. The number of hydrogen-bond donors (Lipinski definition) is 0. The van der Waals surface area contributed by atoms with Crippen molar-refractivity contribution >= 4 is 9.84 Å². The van der Waals surface area contributed by atoms with Gasteiger partial charge in [0.2, 0.25) is 0 Å². The normalized spacial score (nSPS) is 10.4. The number of sulfone groups is 1. The van der Waals surface area contributed by atoms with Crippen LogP contribution in [0.1, 0.15) is 5.82 Å². The molecule has 0 unspecified atom stereocenters. The molecule has 0 atom stereocenters. The second kappa shape index (κ2) is 5.41. The smallest absolute Gasteiger partial charge is 0.434 e. The van der Waals surface area contributed by atoms with E-state index in [2.05, 4.69) is 16.0 Å². The van der Waals surface area contributed by atoms with Crippen LogP contribution in [-0.2, 0) is 15.6 Å². The summed E-state index contributed by atoms with van der Waals surface area (Å²) in [6.45, 7) is 0. The predicted octanol–water partition coefficient (Wildman–Crippen LogP) is -3.17. The zero-order valence-electron chi connectivity index (χ0n) is 6.98. The largest absolute Gasteiger partial charge is 1.00 e. The first-order chi connectivity index (χ1) is 5.08. The quantitative estimate of drug-likeness (QED) is 0.381. The number of rotatable bonds is 2. The summed E-state index contributed by atoms with van der Waals surface area (Å²) in [7, 11) is -3.02. The first-order valence-electron chi connectivity index (χ1n) is 2.92. The Balaban J connectivity index is 0.00000121. The van der Waals surface area contributed by atoms with Crippen molar-refractivity contribution in [2.24, 2.45) is 0 Å². The van der Waals surface area contributed by atoms with E-state index < -0.39 is 9.84 Å². The number of hydrogen-bond acceptors (Lipinski definition) is 4. The monoisotopic (exact) mass is 210 g/mol. The van der Waals surface area contributed by atoms with Gasteiger partial charge in [0.15, 0.2) is 9.84 Å². The van der Waals surface area contributed by atoms with Crippen LogP contribution in [0.15, 0.2) is 12.4 Å². The molecule has 0 aromatic carbocycles. The van der Waals surface area contributed by atoms with E-state index in [4.69, 9.17) is 0 Å². The Kier molecular flexibility index (Phi) is 5.71. The fraction of sp³-hybridized carbons (Fsp3) is 0.333. The zero-order chi connectivity index (χ0) is 8.32. The van der Waals surface area contributed by atoms with Gasteiger partial charge in [-0.15, -0.1) is 12.4 Å². The van der Waals surface area contributed by atoms with Crippen LogP contribution in [0.4, 0.5) is 0 Å². The Morgan fingerprint density at radius 2 is 1.92 bits per heavy atom. The fourth-order valence-electron chi connectivity index (χ4n) is 0.599. The molecule has 0 saturated carbocycles. The van der Waals surface area contributed by atoms with Crippen LogP contribution in [0.3, 0.4) is 0 Å². The molecule has 0 amide bonds. The Morgan fingerprint density at radius 3 is 2.33 bits per heavy atom. The third kappa shape index (κ3) is 5.34. The average Bonchev–Trinajstić information content (AvgIpc) is 1.85. The van der Waals surface area contributed by atoms with Crippen LogP contribution in [0.2, 0.25) is 0 Å². The molecule has 1 heterocycles. The molecule has 1 aromatic rings. The minimum atomic E-state index is -3.02. The summed E-state index contributed by atoms with van der Waals surface area (Å²) in [5, 5.41) is 0. The van der Waals surface area contributed by atoms with Crippen LogP contribution in [-0.4, -0.2) is 24.6 Å². The molecule has 0 aliphatic carbocycles. The van der Waals surface area contributed by atoms with Crippen molar-refractivity contribution in [2.75, 3.05) is 6.26 Å². The molecule has 0 aliphatic rings. The molecule has 0 spiro atoms. The van der Waals surface area contributed by atoms with Crippen molar-refractivity contribution in [3.05, 3.63) is 24.3 Å². The Bertz CT molecular complexity index is 325. The predicted molar refractivity (Wildman–Crippen MR) is 39.4 cm³/mol. The maximum absolute atomic E-state index is 10.7. The summed E-state index contributed by atoms with van der Waals surface area (Å²) in [5.41, 5.74) is 0. The second-order valence-electron chi connectivity index (χ2n) is 2.17. The molecular weight excluding hydrogens is 203 g/mol. The fourth-order valence-corrected chi connectivity index (χ4v) is 1.22. The molecule has 0 N–H and O–H groups in total. The molecule has 12 heavy (non-hydrogen) atoms. The van der Waals surface area contributed by atoms with Gasteiger partial charge in [-0.2, -0.15) is 0 Å². The Hall–Kier alpha value is 0.666. The van der Waals surface area contributed by atoms with Crippen molar-refractivity contribution in [1.82, 2.24) is 9.97 Å². The molecule has 1 aromatic heterocycles. The van der Waals surface area contributed by atoms with Gasteiger partial charge in [0.25, 0.3) is 0 Å². The molecule has 0 bridgehead atoms. The van der Waals surface area contributed by atoms with Crippen LogP contribution >= 0.6 is 0 Å². The summed E-state index contributed by atoms with van der Waals surface area (Å²) >= 11 is 0. The zero-order valence-corrected chi connectivity index (χ0v) is 10.9. The third-order valence-electron chi connectivity index (χ3n) is 0.968. The van der Waals surface area contributed by atoms with Gasteiger partial charge in [-0.05, 0) is 0 Å². The van der Waals surface area contributed by atoms with Crippen LogP contribution in [0.25, 0.3) is 0 Å². The summed E-state index contributed by atoms with van der Waals surface area (Å²) in [4.78, 5) is 7.44. The van der Waals surface area contributed by atoms with Crippen molar-refractivity contribution in [3.63, 3.8) is 0 Å².